The summed E-state index contributed by atoms with van der Waals surface area (Å²) in [6.07, 6.45) is 3.37. The molecule has 0 radical (unpaired) electrons. The van der Waals surface area contributed by atoms with Crippen LogP contribution in [0.15, 0.2) is 60.8 Å². The molecule has 0 saturated heterocycles. The first-order valence-electron chi connectivity index (χ1n) is 9.61. The first-order chi connectivity index (χ1) is 14.1. The van der Waals surface area contributed by atoms with E-state index in [4.69, 9.17) is 10.5 Å². The lowest BCUT2D eigenvalue weighted by Gasteiger charge is -2.31. The quantitative estimate of drug-likeness (QED) is 0.689. The third-order valence-corrected chi connectivity index (χ3v) is 4.89. The van der Waals surface area contributed by atoms with Crippen molar-refractivity contribution in [3.8, 4) is 11.5 Å². The fourth-order valence-corrected chi connectivity index (χ4v) is 3.59. The van der Waals surface area contributed by atoms with Crippen LogP contribution in [-0.4, -0.2) is 22.5 Å². The monoisotopic (exact) mass is 389 g/mol. The van der Waals surface area contributed by atoms with Crippen molar-refractivity contribution in [2.75, 3.05) is 16.8 Å². The predicted octanol–water partition coefficient (Wildman–Crippen LogP) is 4.41. The number of primary amides is 1. The van der Waals surface area contributed by atoms with E-state index in [-0.39, 0.29) is 6.04 Å². The number of ether oxygens (including phenoxy) is 1. The van der Waals surface area contributed by atoms with Crippen molar-refractivity contribution >= 4 is 17.5 Å². The number of hydrogen-bond acceptors (Lipinski definition) is 5. The molecular weight excluding hydrogens is 366 g/mol. The zero-order valence-electron chi connectivity index (χ0n) is 16.2. The molecule has 1 aromatic heterocycles. The molecule has 7 nitrogen and oxygen atoms in total. The van der Waals surface area contributed by atoms with Gasteiger partial charge in [-0.15, -0.1) is 0 Å². The number of amides is 2. The summed E-state index contributed by atoms with van der Waals surface area (Å²) in [6, 6.07) is 16.0. The van der Waals surface area contributed by atoms with E-state index in [2.05, 4.69) is 15.3 Å². The van der Waals surface area contributed by atoms with Crippen molar-refractivity contribution in [2.45, 2.75) is 25.8 Å². The summed E-state index contributed by atoms with van der Waals surface area (Å²) in [6.45, 7) is 2.62. The van der Waals surface area contributed by atoms with Crippen molar-refractivity contribution in [2.24, 2.45) is 5.73 Å². The highest BCUT2D eigenvalue weighted by atomic mass is 16.5. The highest BCUT2D eigenvalue weighted by Crippen LogP contribution is 2.40. The maximum absolute atomic E-state index is 12.6. The van der Waals surface area contributed by atoms with Gasteiger partial charge in [-0.2, -0.15) is 0 Å². The largest absolute Gasteiger partial charge is 0.455 e. The molecule has 0 fully saturated rings. The molecule has 3 aromatic rings. The smallest absolute Gasteiger partial charge is 0.319 e. The van der Waals surface area contributed by atoms with Gasteiger partial charge in [0.25, 0.3) is 0 Å². The molecule has 2 aromatic carbocycles. The van der Waals surface area contributed by atoms with Gasteiger partial charge in [0.1, 0.15) is 17.4 Å². The van der Waals surface area contributed by atoms with E-state index in [0.29, 0.717) is 23.0 Å². The van der Waals surface area contributed by atoms with Gasteiger partial charge in [-0.05, 0) is 44.0 Å². The van der Waals surface area contributed by atoms with Crippen molar-refractivity contribution in [1.82, 2.24) is 9.97 Å². The minimum Gasteiger partial charge on any atom is -0.455 e. The van der Waals surface area contributed by atoms with Crippen LogP contribution in [-0.2, 0) is 0 Å². The number of nitrogens with zero attached hydrogens (tertiary/aromatic N) is 3. The number of aromatic nitrogens is 2. The van der Waals surface area contributed by atoms with Gasteiger partial charge in [0.05, 0.1) is 11.7 Å². The van der Waals surface area contributed by atoms with E-state index in [1.54, 1.807) is 11.1 Å². The summed E-state index contributed by atoms with van der Waals surface area (Å²) in [4.78, 5) is 23.1. The van der Waals surface area contributed by atoms with E-state index in [9.17, 15) is 4.79 Å². The first-order valence-corrected chi connectivity index (χ1v) is 9.61. The number of carbonyl (C=O) groups excluding carboxylic acids is 1. The highest BCUT2D eigenvalue weighted by Gasteiger charge is 2.31. The van der Waals surface area contributed by atoms with E-state index >= 15 is 0 Å². The number of anilines is 2. The number of para-hydroxylation sites is 3. The standard InChI is InChI=1S/C22H23N5O2/c1-15-25-14-17-18(11-7-13-24-21(17)26-15)27(22(23)28)19-10-5-6-12-20(19)29-16-8-3-2-4-9-16/h2-6,8-10,12,14,18H,7,11,13H2,1H3,(H2,23,28)(H,24,25,26). The van der Waals surface area contributed by atoms with Crippen LogP contribution in [0.3, 0.4) is 0 Å². The first kappa shape index (κ1) is 18.7. The molecule has 3 N–H and O–H groups in total. The molecular formula is C22H23N5O2. The Hall–Kier alpha value is -3.61. The normalized spacial score (nSPS) is 15.6. The van der Waals surface area contributed by atoms with E-state index < -0.39 is 6.03 Å². The third kappa shape index (κ3) is 3.99. The molecule has 148 valence electrons. The Bertz CT molecular complexity index is 1010. The molecule has 2 amide bonds. The molecule has 4 rings (SSSR count). The number of nitrogens with two attached hydrogens (primary N) is 1. The summed E-state index contributed by atoms with van der Waals surface area (Å²) in [5.41, 5.74) is 7.33. The lowest BCUT2D eigenvalue weighted by atomic mass is 10.0. The van der Waals surface area contributed by atoms with Gasteiger partial charge in [0, 0.05) is 18.3 Å². The fourth-order valence-electron chi connectivity index (χ4n) is 3.59. The van der Waals surface area contributed by atoms with Crippen LogP contribution in [0.2, 0.25) is 0 Å². The Morgan fingerprint density at radius 2 is 1.93 bits per heavy atom. The van der Waals surface area contributed by atoms with Crippen LogP contribution in [0.5, 0.6) is 11.5 Å². The summed E-state index contributed by atoms with van der Waals surface area (Å²) in [5.74, 6) is 2.67. The van der Waals surface area contributed by atoms with Crippen LogP contribution in [0, 0.1) is 6.92 Å². The second kappa shape index (κ2) is 8.18. The molecule has 2 heterocycles. The number of carbonyl (C=O) groups is 1. The van der Waals surface area contributed by atoms with Crippen LogP contribution in [0.4, 0.5) is 16.3 Å². The van der Waals surface area contributed by atoms with Gasteiger partial charge in [-0.1, -0.05) is 30.3 Å². The summed E-state index contributed by atoms with van der Waals surface area (Å²) >= 11 is 0. The van der Waals surface area contributed by atoms with Crippen molar-refractivity contribution in [3.05, 3.63) is 72.2 Å². The number of rotatable bonds is 4. The second-order valence-electron chi connectivity index (χ2n) is 6.90. The fraction of sp³-hybridized carbons (Fsp3) is 0.227. The van der Waals surface area contributed by atoms with E-state index in [0.717, 1.165) is 30.8 Å². The van der Waals surface area contributed by atoms with E-state index in [1.165, 1.54) is 0 Å². The Morgan fingerprint density at radius 1 is 1.17 bits per heavy atom. The van der Waals surface area contributed by atoms with Gasteiger partial charge in [-0.25, -0.2) is 14.8 Å². The Morgan fingerprint density at radius 3 is 2.72 bits per heavy atom. The van der Waals surface area contributed by atoms with Crippen molar-refractivity contribution < 1.29 is 9.53 Å². The summed E-state index contributed by atoms with van der Waals surface area (Å²) < 4.78 is 6.07. The van der Waals surface area contributed by atoms with Gasteiger partial charge >= 0.3 is 6.03 Å². The molecule has 1 aliphatic rings. The van der Waals surface area contributed by atoms with Gasteiger partial charge in [0.2, 0.25) is 0 Å². The lowest BCUT2D eigenvalue weighted by molar-refractivity contribution is 0.251. The van der Waals surface area contributed by atoms with Crippen LogP contribution in [0.25, 0.3) is 0 Å². The molecule has 0 saturated carbocycles. The van der Waals surface area contributed by atoms with Gasteiger partial charge < -0.3 is 15.8 Å². The Kier molecular flexibility index (Phi) is 5.29. The zero-order chi connectivity index (χ0) is 20.2. The van der Waals surface area contributed by atoms with Crippen LogP contribution in [0.1, 0.15) is 30.3 Å². The van der Waals surface area contributed by atoms with Gasteiger partial charge in [-0.3, -0.25) is 4.90 Å². The Balaban J connectivity index is 1.77. The minimum atomic E-state index is -0.549. The summed E-state index contributed by atoms with van der Waals surface area (Å²) in [7, 11) is 0. The second-order valence-corrected chi connectivity index (χ2v) is 6.90. The molecule has 1 atom stereocenters. The Labute approximate surface area is 169 Å². The maximum atomic E-state index is 12.6. The third-order valence-electron chi connectivity index (χ3n) is 4.89. The van der Waals surface area contributed by atoms with Crippen LogP contribution < -0.4 is 20.7 Å². The molecule has 1 unspecified atom stereocenters. The topological polar surface area (TPSA) is 93.4 Å². The number of hydrogen-bond donors (Lipinski definition) is 2. The lowest BCUT2D eigenvalue weighted by Crippen LogP contribution is -2.39. The van der Waals surface area contributed by atoms with E-state index in [1.807, 2.05) is 61.5 Å². The maximum Gasteiger partial charge on any atom is 0.319 e. The average Bonchev–Trinajstić information content (AvgIpc) is 2.92. The SMILES string of the molecule is Cc1ncc2c(n1)NCCCC2N(C(N)=O)c1ccccc1Oc1ccccc1. The zero-order valence-corrected chi connectivity index (χ0v) is 16.2. The molecule has 0 bridgehead atoms. The predicted molar refractivity (Wildman–Crippen MR) is 112 cm³/mol. The molecule has 29 heavy (non-hydrogen) atoms. The molecule has 0 spiro atoms. The highest BCUT2D eigenvalue weighted by molar-refractivity contribution is 5.93. The molecule has 7 heteroatoms. The number of aryl methyl sites for hydroxylation is 1. The number of nitrogens with one attached hydrogen (secondary N) is 1. The van der Waals surface area contributed by atoms with Gasteiger partial charge in [0.15, 0.2) is 5.75 Å². The average molecular weight is 389 g/mol. The molecule has 0 aliphatic carbocycles. The summed E-state index contributed by atoms with van der Waals surface area (Å²) in [5, 5.41) is 3.33. The van der Waals surface area contributed by atoms with Crippen LogP contribution >= 0.6 is 0 Å². The van der Waals surface area contributed by atoms with Crippen molar-refractivity contribution in [1.29, 1.82) is 0 Å². The molecule has 1 aliphatic heterocycles. The number of urea groups is 1. The minimum absolute atomic E-state index is 0.293. The number of benzene rings is 2. The number of fused-ring (bicyclic) bond motifs is 1. The van der Waals surface area contributed by atoms with Crippen molar-refractivity contribution in [3.63, 3.8) is 0 Å².